The maximum Gasteiger partial charge on any atom is 0.0960 e. The van der Waals surface area contributed by atoms with E-state index in [2.05, 4.69) is 29.5 Å². The van der Waals surface area contributed by atoms with E-state index < -0.39 is 0 Å². The van der Waals surface area contributed by atoms with Crippen molar-refractivity contribution in [2.45, 2.75) is 19.4 Å². The number of fused-ring (bicyclic) bond motifs is 1. The van der Waals surface area contributed by atoms with Crippen molar-refractivity contribution in [2.75, 3.05) is 0 Å². The number of rotatable bonds is 2. The third kappa shape index (κ3) is 1.32. The van der Waals surface area contributed by atoms with E-state index in [1.807, 2.05) is 24.5 Å². The van der Waals surface area contributed by atoms with Gasteiger partial charge in [0.05, 0.1) is 17.4 Å². The van der Waals surface area contributed by atoms with Gasteiger partial charge in [0.25, 0.3) is 0 Å². The van der Waals surface area contributed by atoms with Crippen molar-refractivity contribution < 1.29 is 0 Å². The third-order valence-electron chi connectivity index (χ3n) is 2.35. The fourth-order valence-corrected chi connectivity index (χ4v) is 1.47. The molecule has 1 aromatic carbocycles. The highest BCUT2D eigenvalue weighted by Gasteiger charge is 2.05. The van der Waals surface area contributed by atoms with E-state index in [4.69, 9.17) is 0 Å². The summed E-state index contributed by atoms with van der Waals surface area (Å²) in [5.41, 5.74) is 2.22. The lowest BCUT2D eigenvalue weighted by molar-refractivity contribution is 0.597. The lowest BCUT2D eigenvalue weighted by Crippen LogP contribution is -2.01. The second-order valence-corrected chi connectivity index (χ2v) is 3.20. The molecular weight excluding hydrogens is 160 g/mol. The first-order valence-electron chi connectivity index (χ1n) is 4.57. The minimum Gasteiger partial charge on any atom is -0.327 e. The zero-order valence-corrected chi connectivity index (χ0v) is 7.77. The van der Waals surface area contributed by atoms with Gasteiger partial charge in [0.2, 0.25) is 0 Å². The molecule has 67 valence electrons. The van der Waals surface area contributed by atoms with Gasteiger partial charge >= 0.3 is 0 Å². The molecule has 1 atom stereocenters. The van der Waals surface area contributed by atoms with Crippen LogP contribution in [0.1, 0.15) is 19.4 Å². The summed E-state index contributed by atoms with van der Waals surface area (Å²) in [4.78, 5) is 4.31. The quantitative estimate of drug-likeness (QED) is 0.682. The molecule has 0 saturated carbocycles. The van der Waals surface area contributed by atoms with Crippen LogP contribution >= 0.6 is 0 Å². The molecule has 13 heavy (non-hydrogen) atoms. The Hall–Kier alpha value is -1.31. The summed E-state index contributed by atoms with van der Waals surface area (Å²) in [7, 11) is 0. The Labute approximate surface area is 78.2 Å². The summed E-state index contributed by atoms with van der Waals surface area (Å²) in [5.74, 6) is 0. The van der Waals surface area contributed by atoms with E-state index >= 15 is 0 Å². The summed E-state index contributed by atoms with van der Waals surface area (Å²) < 4.78 is 2.12. The molecule has 0 saturated heterocycles. The maximum absolute atomic E-state index is 4.31. The highest BCUT2D eigenvalue weighted by molar-refractivity contribution is 5.75. The number of nitrogens with zero attached hydrogens (tertiary/aromatic N) is 2. The van der Waals surface area contributed by atoms with Crippen molar-refractivity contribution in [2.24, 2.45) is 0 Å². The number of para-hydroxylation sites is 2. The molecule has 0 aliphatic rings. The Morgan fingerprint density at radius 1 is 1.46 bits per heavy atom. The van der Waals surface area contributed by atoms with E-state index in [9.17, 15) is 0 Å². The van der Waals surface area contributed by atoms with E-state index in [-0.39, 0.29) is 6.04 Å². The van der Waals surface area contributed by atoms with Crippen LogP contribution in [0.5, 0.6) is 0 Å². The molecule has 0 aliphatic carbocycles. The fraction of sp³-hybridized carbons (Fsp3) is 0.273. The van der Waals surface area contributed by atoms with E-state index in [0.29, 0.717) is 0 Å². The Morgan fingerprint density at radius 3 is 3.00 bits per heavy atom. The molecule has 0 bridgehead atoms. The Balaban J connectivity index is 2.57. The van der Waals surface area contributed by atoms with Crippen molar-refractivity contribution in [3.63, 3.8) is 0 Å². The minimum atomic E-state index is 0.285. The predicted molar refractivity (Wildman–Crippen MR) is 54.4 cm³/mol. The average molecular weight is 173 g/mol. The Morgan fingerprint density at radius 2 is 2.23 bits per heavy atom. The van der Waals surface area contributed by atoms with Crippen LogP contribution in [0.15, 0.2) is 30.6 Å². The van der Waals surface area contributed by atoms with Crippen molar-refractivity contribution >= 4 is 11.0 Å². The summed E-state index contributed by atoms with van der Waals surface area (Å²) in [6.07, 6.45) is 2.90. The lowest BCUT2D eigenvalue weighted by Gasteiger charge is -2.10. The Bertz CT molecular complexity index is 403. The zero-order chi connectivity index (χ0) is 9.26. The van der Waals surface area contributed by atoms with Gasteiger partial charge in [0, 0.05) is 6.04 Å². The lowest BCUT2D eigenvalue weighted by atomic mass is 10.2. The predicted octanol–water partition coefficient (Wildman–Crippen LogP) is 2.82. The van der Waals surface area contributed by atoms with E-state index in [1.165, 1.54) is 5.52 Å². The Kier molecular flexibility index (Phi) is 2.05. The highest BCUT2D eigenvalue weighted by Crippen LogP contribution is 2.18. The van der Waals surface area contributed by atoms with Crippen molar-refractivity contribution in [1.82, 2.24) is 9.55 Å². The van der Waals surface area contributed by atoms with Gasteiger partial charge < -0.3 is 4.57 Å². The second-order valence-electron chi connectivity index (χ2n) is 3.20. The maximum atomic E-state index is 4.31. The van der Waals surface area contributed by atoms with E-state index in [1.54, 1.807) is 0 Å². The first-order valence-corrected chi connectivity index (χ1v) is 4.57. The molecule has 2 heteroatoms. The molecule has 1 aromatic heterocycles. The summed E-state index contributed by atoms with van der Waals surface area (Å²) in [6.45, 7) is 6.20. The summed E-state index contributed by atoms with van der Waals surface area (Å²) >= 11 is 0. The molecule has 0 aliphatic heterocycles. The molecule has 1 radical (unpaired) electrons. The third-order valence-corrected chi connectivity index (χ3v) is 2.35. The minimum absolute atomic E-state index is 0.285. The molecule has 1 unspecified atom stereocenters. The molecular formula is C11H13N2. The van der Waals surface area contributed by atoms with Crippen molar-refractivity contribution in [1.29, 1.82) is 0 Å². The van der Waals surface area contributed by atoms with Gasteiger partial charge in [-0.2, -0.15) is 0 Å². The van der Waals surface area contributed by atoms with Crippen LogP contribution in [-0.4, -0.2) is 9.55 Å². The van der Waals surface area contributed by atoms with Crippen molar-refractivity contribution in [3.8, 4) is 0 Å². The molecule has 2 nitrogen and oxygen atoms in total. The van der Waals surface area contributed by atoms with Crippen LogP contribution < -0.4 is 0 Å². The topological polar surface area (TPSA) is 17.8 Å². The van der Waals surface area contributed by atoms with Gasteiger partial charge in [-0.25, -0.2) is 4.98 Å². The smallest absolute Gasteiger partial charge is 0.0960 e. The SMILES string of the molecule is [CH2]C(CC)n1cnc2ccccc21. The number of hydrogen-bond acceptors (Lipinski definition) is 1. The van der Waals surface area contributed by atoms with Gasteiger partial charge in [0.15, 0.2) is 0 Å². The van der Waals surface area contributed by atoms with Gasteiger partial charge in [-0.1, -0.05) is 19.1 Å². The first-order chi connectivity index (χ1) is 6.33. The molecule has 0 fully saturated rings. The van der Waals surface area contributed by atoms with Gasteiger partial charge in [0.1, 0.15) is 0 Å². The largest absolute Gasteiger partial charge is 0.327 e. The average Bonchev–Trinajstić information content (AvgIpc) is 2.60. The molecule has 0 N–H and O–H groups in total. The van der Waals surface area contributed by atoms with Crippen molar-refractivity contribution in [3.05, 3.63) is 37.5 Å². The first kappa shape index (κ1) is 8.30. The van der Waals surface area contributed by atoms with Crippen LogP contribution in [-0.2, 0) is 0 Å². The van der Waals surface area contributed by atoms with E-state index in [0.717, 1.165) is 11.9 Å². The molecule has 0 spiro atoms. The van der Waals surface area contributed by atoms with Crippen LogP contribution in [0, 0.1) is 6.92 Å². The summed E-state index contributed by atoms with van der Waals surface area (Å²) in [6, 6.07) is 8.42. The number of hydrogen-bond donors (Lipinski definition) is 0. The second kappa shape index (κ2) is 3.21. The molecule has 2 aromatic rings. The summed E-state index contributed by atoms with van der Waals surface area (Å²) in [5, 5.41) is 0. The fourth-order valence-electron chi connectivity index (χ4n) is 1.47. The standard InChI is InChI=1S/C11H13N2/c1-3-9(2)13-8-12-10-6-4-5-7-11(10)13/h4-9H,2-3H2,1H3. The van der Waals surface area contributed by atoms with Crippen LogP contribution in [0.4, 0.5) is 0 Å². The number of aromatic nitrogens is 2. The van der Waals surface area contributed by atoms with Gasteiger partial charge in [-0.15, -0.1) is 0 Å². The molecule has 0 amide bonds. The van der Waals surface area contributed by atoms with Crippen LogP contribution in [0.2, 0.25) is 0 Å². The van der Waals surface area contributed by atoms with Gasteiger partial charge in [-0.3, -0.25) is 0 Å². The zero-order valence-electron chi connectivity index (χ0n) is 7.77. The monoisotopic (exact) mass is 173 g/mol. The normalized spacial score (nSPS) is 13.4. The number of benzene rings is 1. The molecule has 1 heterocycles. The highest BCUT2D eigenvalue weighted by atomic mass is 15.1. The molecule has 2 rings (SSSR count). The number of imidazole rings is 1. The van der Waals surface area contributed by atoms with Crippen LogP contribution in [0.25, 0.3) is 11.0 Å². The van der Waals surface area contributed by atoms with Crippen LogP contribution in [0.3, 0.4) is 0 Å². The van der Waals surface area contributed by atoms with Gasteiger partial charge in [-0.05, 0) is 25.5 Å².